The van der Waals surface area contributed by atoms with Crippen molar-refractivity contribution in [2.24, 2.45) is 0 Å². The second-order valence-electron chi connectivity index (χ2n) is 2.42. The molecular formula is C8H9N3S. The van der Waals surface area contributed by atoms with Gasteiger partial charge in [-0.1, -0.05) is 0 Å². The van der Waals surface area contributed by atoms with Crippen LogP contribution in [0.25, 0.3) is 0 Å². The second kappa shape index (κ2) is 3.40. The zero-order chi connectivity index (χ0) is 8.23. The Hall–Kier alpha value is -1.29. The van der Waals surface area contributed by atoms with E-state index in [1.165, 1.54) is 5.56 Å². The van der Waals surface area contributed by atoms with Crippen LogP contribution in [0.5, 0.6) is 0 Å². The Morgan fingerprint density at radius 2 is 2.58 bits per heavy atom. The number of rotatable bonds is 3. The summed E-state index contributed by atoms with van der Waals surface area (Å²) in [7, 11) is 0. The number of nitrogens with one attached hydrogen (secondary N) is 2. The van der Waals surface area contributed by atoms with Crippen LogP contribution in [-0.4, -0.2) is 9.97 Å². The summed E-state index contributed by atoms with van der Waals surface area (Å²) in [5.41, 5.74) is 1.29. The first kappa shape index (κ1) is 7.36. The van der Waals surface area contributed by atoms with Crippen LogP contribution >= 0.6 is 11.3 Å². The minimum Gasteiger partial charge on any atom is -0.352 e. The molecule has 62 valence electrons. The van der Waals surface area contributed by atoms with E-state index in [9.17, 15) is 0 Å². The summed E-state index contributed by atoms with van der Waals surface area (Å²) < 4.78 is 0. The fraction of sp³-hybridized carbons (Fsp3) is 0.125. The first-order chi connectivity index (χ1) is 5.95. The predicted octanol–water partition coefficient (Wildman–Crippen LogP) is 2.08. The normalized spacial score (nSPS) is 10.0. The Morgan fingerprint density at radius 1 is 1.58 bits per heavy atom. The quantitative estimate of drug-likeness (QED) is 0.757. The van der Waals surface area contributed by atoms with E-state index < -0.39 is 0 Å². The van der Waals surface area contributed by atoms with Crippen molar-refractivity contribution in [3.63, 3.8) is 0 Å². The molecule has 2 N–H and O–H groups in total. The molecule has 12 heavy (non-hydrogen) atoms. The van der Waals surface area contributed by atoms with Crippen molar-refractivity contribution in [1.82, 2.24) is 9.97 Å². The summed E-state index contributed by atoms with van der Waals surface area (Å²) >= 11 is 1.71. The molecule has 0 radical (unpaired) electrons. The molecule has 0 saturated carbocycles. The van der Waals surface area contributed by atoms with E-state index in [-0.39, 0.29) is 0 Å². The molecule has 0 aromatic carbocycles. The summed E-state index contributed by atoms with van der Waals surface area (Å²) in [5, 5.41) is 7.36. The number of anilines is 1. The van der Waals surface area contributed by atoms with Crippen molar-refractivity contribution in [3.8, 4) is 0 Å². The molecule has 0 aliphatic rings. The molecule has 2 rings (SSSR count). The molecule has 2 heterocycles. The monoisotopic (exact) mass is 179 g/mol. The predicted molar refractivity (Wildman–Crippen MR) is 50.2 cm³/mol. The number of aromatic amines is 1. The van der Waals surface area contributed by atoms with Crippen LogP contribution in [0.4, 0.5) is 5.95 Å². The fourth-order valence-corrected chi connectivity index (χ4v) is 1.61. The molecule has 0 fully saturated rings. The second-order valence-corrected chi connectivity index (χ2v) is 3.20. The summed E-state index contributed by atoms with van der Waals surface area (Å²) in [6.07, 6.45) is 3.53. The van der Waals surface area contributed by atoms with Crippen LogP contribution in [0.3, 0.4) is 0 Å². The van der Waals surface area contributed by atoms with Crippen LogP contribution in [0.2, 0.25) is 0 Å². The summed E-state index contributed by atoms with van der Waals surface area (Å²) in [6.45, 7) is 0.830. The van der Waals surface area contributed by atoms with Gasteiger partial charge in [-0.25, -0.2) is 4.98 Å². The minimum atomic E-state index is 0.821. The van der Waals surface area contributed by atoms with Gasteiger partial charge < -0.3 is 10.3 Å². The zero-order valence-electron chi connectivity index (χ0n) is 6.45. The Kier molecular flexibility index (Phi) is 2.09. The standard InChI is InChI=1S/C8H9N3S/c1-4-12-6-7(1)5-11-8-9-2-3-10-8/h1-4,6H,5H2,(H2,9,10,11). The van der Waals surface area contributed by atoms with E-state index in [0.717, 1.165) is 12.5 Å². The van der Waals surface area contributed by atoms with Crippen molar-refractivity contribution in [1.29, 1.82) is 0 Å². The van der Waals surface area contributed by atoms with Crippen molar-refractivity contribution in [2.45, 2.75) is 6.54 Å². The molecule has 0 atom stereocenters. The zero-order valence-corrected chi connectivity index (χ0v) is 7.27. The maximum Gasteiger partial charge on any atom is 0.200 e. The molecular weight excluding hydrogens is 170 g/mol. The number of H-pyrrole nitrogens is 1. The van der Waals surface area contributed by atoms with Gasteiger partial charge in [0.15, 0.2) is 5.95 Å². The van der Waals surface area contributed by atoms with Gasteiger partial charge in [0.25, 0.3) is 0 Å². The highest BCUT2D eigenvalue weighted by Gasteiger charge is 1.93. The molecule has 2 aromatic heterocycles. The number of thiophene rings is 1. The number of hydrogen-bond donors (Lipinski definition) is 2. The first-order valence-corrected chi connectivity index (χ1v) is 4.64. The Morgan fingerprint density at radius 3 is 3.25 bits per heavy atom. The lowest BCUT2D eigenvalue weighted by molar-refractivity contribution is 1.10. The molecule has 0 unspecified atom stereocenters. The molecule has 4 heteroatoms. The van der Waals surface area contributed by atoms with Crippen molar-refractivity contribution < 1.29 is 0 Å². The molecule has 0 aliphatic carbocycles. The largest absolute Gasteiger partial charge is 0.352 e. The van der Waals surface area contributed by atoms with Gasteiger partial charge in [-0.15, -0.1) is 0 Å². The average molecular weight is 179 g/mol. The van der Waals surface area contributed by atoms with Crippen LogP contribution in [-0.2, 0) is 6.54 Å². The lowest BCUT2D eigenvalue weighted by Crippen LogP contribution is -1.98. The molecule has 0 saturated heterocycles. The first-order valence-electron chi connectivity index (χ1n) is 3.69. The summed E-state index contributed by atoms with van der Waals surface area (Å²) in [6, 6.07) is 2.10. The third-order valence-corrected chi connectivity index (χ3v) is 2.27. The van der Waals surface area contributed by atoms with Crippen LogP contribution in [0.1, 0.15) is 5.56 Å². The number of nitrogens with zero attached hydrogens (tertiary/aromatic N) is 1. The van der Waals surface area contributed by atoms with E-state index in [1.807, 2.05) is 0 Å². The Balaban J connectivity index is 1.91. The molecule has 0 bridgehead atoms. The van der Waals surface area contributed by atoms with Crippen molar-refractivity contribution >= 4 is 17.3 Å². The van der Waals surface area contributed by atoms with E-state index in [0.29, 0.717) is 0 Å². The number of imidazole rings is 1. The number of hydrogen-bond acceptors (Lipinski definition) is 3. The summed E-state index contributed by atoms with van der Waals surface area (Å²) in [4.78, 5) is 7.03. The van der Waals surface area contributed by atoms with Crippen LogP contribution in [0, 0.1) is 0 Å². The minimum absolute atomic E-state index is 0.821. The van der Waals surface area contributed by atoms with Gasteiger partial charge in [0, 0.05) is 18.9 Å². The highest BCUT2D eigenvalue weighted by atomic mass is 32.1. The third-order valence-electron chi connectivity index (χ3n) is 1.54. The Bertz CT molecular complexity index is 278. The lowest BCUT2D eigenvalue weighted by Gasteiger charge is -1.98. The van der Waals surface area contributed by atoms with Gasteiger partial charge in [-0.2, -0.15) is 11.3 Å². The van der Waals surface area contributed by atoms with Gasteiger partial charge >= 0.3 is 0 Å². The molecule has 2 aromatic rings. The Labute approximate surface area is 74.5 Å². The lowest BCUT2D eigenvalue weighted by atomic mass is 10.3. The molecule has 0 spiro atoms. The van der Waals surface area contributed by atoms with Crippen LogP contribution < -0.4 is 5.32 Å². The summed E-state index contributed by atoms with van der Waals surface area (Å²) in [5.74, 6) is 0.821. The molecule has 3 nitrogen and oxygen atoms in total. The average Bonchev–Trinajstić information content (AvgIpc) is 2.74. The molecule has 0 aliphatic heterocycles. The maximum atomic E-state index is 4.05. The SMILES string of the molecule is c1c[nH]c(NCc2ccsc2)n1. The van der Waals surface area contributed by atoms with Gasteiger partial charge in [0.05, 0.1) is 0 Å². The highest BCUT2D eigenvalue weighted by Crippen LogP contribution is 2.07. The van der Waals surface area contributed by atoms with Gasteiger partial charge in [-0.05, 0) is 22.4 Å². The van der Waals surface area contributed by atoms with E-state index in [1.54, 1.807) is 23.7 Å². The van der Waals surface area contributed by atoms with E-state index in [2.05, 4.69) is 32.1 Å². The van der Waals surface area contributed by atoms with E-state index in [4.69, 9.17) is 0 Å². The molecule has 0 amide bonds. The topological polar surface area (TPSA) is 40.7 Å². The van der Waals surface area contributed by atoms with E-state index >= 15 is 0 Å². The third kappa shape index (κ3) is 1.65. The van der Waals surface area contributed by atoms with Crippen molar-refractivity contribution in [3.05, 3.63) is 34.8 Å². The number of aromatic nitrogens is 2. The maximum absolute atomic E-state index is 4.05. The highest BCUT2D eigenvalue weighted by molar-refractivity contribution is 7.07. The van der Waals surface area contributed by atoms with Gasteiger partial charge in [-0.3, -0.25) is 0 Å². The van der Waals surface area contributed by atoms with Crippen LogP contribution in [0.15, 0.2) is 29.2 Å². The van der Waals surface area contributed by atoms with Crippen molar-refractivity contribution in [2.75, 3.05) is 5.32 Å². The van der Waals surface area contributed by atoms with Gasteiger partial charge in [0.1, 0.15) is 0 Å². The smallest absolute Gasteiger partial charge is 0.200 e. The van der Waals surface area contributed by atoms with Gasteiger partial charge in [0.2, 0.25) is 0 Å². The fourth-order valence-electron chi connectivity index (χ4n) is 0.941.